The van der Waals surface area contributed by atoms with Crippen molar-refractivity contribution in [2.24, 2.45) is 0 Å². The Morgan fingerprint density at radius 1 is 1.38 bits per heavy atom. The largest absolute Gasteiger partial charge is 0.392 e. The third-order valence-corrected chi connectivity index (χ3v) is 2.90. The van der Waals surface area contributed by atoms with Gasteiger partial charge < -0.3 is 5.11 Å². The highest BCUT2D eigenvalue weighted by Crippen LogP contribution is 2.37. The molecule has 1 aromatic carbocycles. The summed E-state index contributed by atoms with van der Waals surface area (Å²) in [6, 6.07) is 4.64. The van der Waals surface area contributed by atoms with Crippen LogP contribution in [0.5, 0.6) is 0 Å². The van der Waals surface area contributed by atoms with Gasteiger partial charge in [-0.3, -0.25) is 0 Å². The molecule has 2 atom stereocenters. The van der Waals surface area contributed by atoms with Gasteiger partial charge in [0.1, 0.15) is 5.82 Å². The van der Waals surface area contributed by atoms with E-state index in [1.54, 1.807) is 12.1 Å². The summed E-state index contributed by atoms with van der Waals surface area (Å²) in [7, 11) is 0. The van der Waals surface area contributed by atoms with Crippen molar-refractivity contribution in [3.63, 3.8) is 0 Å². The predicted octanol–water partition coefficient (Wildman–Crippen LogP) is 2.72. The Bertz CT molecular complexity index is 327. The van der Waals surface area contributed by atoms with Crippen molar-refractivity contribution < 1.29 is 9.50 Å². The lowest BCUT2D eigenvalue weighted by Gasteiger charge is -2.32. The fourth-order valence-corrected chi connectivity index (χ4v) is 1.80. The molecule has 1 nitrogen and oxygen atoms in total. The Balaban J connectivity index is 2.26. The number of hydrogen-bond acceptors (Lipinski definition) is 1. The molecule has 0 radical (unpaired) electrons. The zero-order chi connectivity index (χ0) is 9.42. The highest BCUT2D eigenvalue weighted by molar-refractivity contribution is 6.30. The van der Waals surface area contributed by atoms with E-state index < -0.39 is 5.82 Å². The van der Waals surface area contributed by atoms with Gasteiger partial charge in [0.25, 0.3) is 0 Å². The summed E-state index contributed by atoms with van der Waals surface area (Å²) >= 11 is 5.63. The van der Waals surface area contributed by atoms with Crippen molar-refractivity contribution in [2.75, 3.05) is 0 Å². The minimum Gasteiger partial charge on any atom is -0.392 e. The van der Waals surface area contributed by atoms with Crippen LogP contribution in [0.4, 0.5) is 4.39 Å². The minimum absolute atomic E-state index is 0.136. The smallest absolute Gasteiger partial charge is 0.141 e. The maximum Gasteiger partial charge on any atom is 0.141 e. The average molecular weight is 201 g/mol. The van der Waals surface area contributed by atoms with Gasteiger partial charge in [0.15, 0.2) is 0 Å². The summed E-state index contributed by atoms with van der Waals surface area (Å²) in [6.45, 7) is 0. The van der Waals surface area contributed by atoms with E-state index in [0.717, 1.165) is 18.4 Å². The van der Waals surface area contributed by atoms with Crippen molar-refractivity contribution in [2.45, 2.75) is 24.9 Å². The Morgan fingerprint density at radius 2 is 2.15 bits per heavy atom. The fourth-order valence-electron chi connectivity index (χ4n) is 1.61. The number of rotatable bonds is 1. The van der Waals surface area contributed by atoms with Crippen LogP contribution in [0.2, 0.25) is 5.02 Å². The molecule has 3 heteroatoms. The molecule has 70 valence electrons. The molecule has 0 aromatic heterocycles. The van der Waals surface area contributed by atoms with E-state index in [9.17, 15) is 9.50 Å². The molecule has 0 heterocycles. The second kappa shape index (κ2) is 3.28. The summed E-state index contributed by atoms with van der Waals surface area (Å²) in [5.41, 5.74) is 0.935. The van der Waals surface area contributed by atoms with E-state index in [2.05, 4.69) is 0 Å². The molecule has 0 bridgehead atoms. The molecular formula is C10H10ClFO. The van der Waals surface area contributed by atoms with Crippen LogP contribution in [-0.2, 0) is 0 Å². The predicted molar refractivity (Wildman–Crippen MR) is 49.4 cm³/mol. The van der Waals surface area contributed by atoms with Crippen LogP contribution >= 0.6 is 11.6 Å². The van der Waals surface area contributed by atoms with Gasteiger partial charge in [-0.05, 0) is 30.5 Å². The summed E-state index contributed by atoms with van der Waals surface area (Å²) in [5.74, 6) is -0.252. The molecule has 0 aliphatic heterocycles. The lowest BCUT2D eigenvalue weighted by Crippen LogP contribution is -2.28. The van der Waals surface area contributed by atoms with Crippen molar-refractivity contribution in [3.05, 3.63) is 34.6 Å². The van der Waals surface area contributed by atoms with E-state index in [4.69, 9.17) is 11.6 Å². The average Bonchev–Trinajstić information content (AvgIpc) is 2.09. The van der Waals surface area contributed by atoms with Crippen LogP contribution in [-0.4, -0.2) is 11.2 Å². The molecule has 1 aromatic rings. The van der Waals surface area contributed by atoms with E-state index >= 15 is 0 Å². The van der Waals surface area contributed by atoms with Crippen molar-refractivity contribution in [1.82, 2.24) is 0 Å². The first-order chi connectivity index (χ1) is 6.18. The molecule has 2 unspecified atom stereocenters. The van der Waals surface area contributed by atoms with Gasteiger partial charge in [-0.1, -0.05) is 17.7 Å². The second-order valence-electron chi connectivity index (χ2n) is 3.42. The quantitative estimate of drug-likeness (QED) is 0.739. The molecule has 13 heavy (non-hydrogen) atoms. The normalized spacial score (nSPS) is 27.0. The van der Waals surface area contributed by atoms with Gasteiger partial charge in [0.2, 0.25) is 0 Å². The lowest BCUT2D eigenvalue weighted by atomic mass is 9.77. The first kappa shape index (κ1) is 8.97. The zero-order valence-corrected chi connectivity index (χ0v) is 7.76. The van der Waals surface area contributed by atoms with E-state index in [0.29, 0.717) is 0 Å². The number of benzene rings is 1. The molecule has 1 fully saturated rings. The number of aliphatic hydroxyl groups is 1. The van der Waals surface area contributed by atoms with Crippen LogP contribution in [0.3, 0.4) is 0 Å². The van der Waals surface area contributed by atoms with Gasteiger partial charge in [-0.25, -0.2) is 4.39 Å². The maximum atomic E-state index is 12.8. The first-order valence-electron chi connectivity index (χ1n) is 4.31. The highest BCUT2D eigenvalue weighted by Gasteiger charge is 2.30. The minimum atomic E-state index is -0.403. The lowest BCUT2D eigenvalue weighted by molar-refractivity contribution is 0.0661. The molecule has 1 aliphatic carbocycles. The molecule has 0 amide bonds. The summed E-state index contributed by atoms with van der Waals surface area (Å²) in [6.07, 6.45) is 1.52. The van der Waals surface area contributed by atoms with Gasteiger partial charge >= 0.3 is 0 Å². The van der Waals surface area contributed by atoms with Crippen molar-refractivity contribution in [3.8, 4) is 0 Å². The Kier molecular flexibility index (Phi) is 2.26. The van der Waals surface area contributed by atoms with Crippen LogP contribution in [0.1, 0.15) is 24.3 Å². The fraction of sp³-hybridized carbons (Fsp3) is 0.400. The topological polar surface area (TPSA) is 20.2 Å². The van der Waals surface area contributed by atoms with E-state index in [-0.39, 0.29) is 17.0 Å². The molecular weight excluding hydrogens is 191 g/mol. The molecule has 0 spiro atoms. The van der Waals surface area contributed by atoms with E-state index in [1.165, 1.54) is 6.07 Å². The van der Waals surface area contributed by atoms with Gasteiger partial charge in [0, 0.05) is 5.92 Å². The molecule has 1 N–H and O–H groups in total. The number of halogens is 2. The van der Waals surface area contributed by atoms with Crippen LogP contribution in [0, 0.1) is 5.82 Å². The Hall–Kier alpha value is -0.600. The third kappa shape index (κ3) is 1.56. The zero-order valence-electron chi connectivity index (χ0n) is 7.00. The number of hydrogen-bond donors (Lipinski definition) is 1. The van der Waals surface area contributed by atoms with Gasteiger partial charge in [-0.15, -0.1) is 0 Å². The third-order valence-electron chi connectivity index (χ3n) is 2.61. The van der Waals surface area contributed by atoms with Gasteiger partial charge in [0.05, 0.1) is 11.1 Å². The summed E-state index contributed by atoms with van der Waals surface area (Å²) in [4.78, 5) is 0. The summed E-state index contributed by atoms with van der Waals surface area (Å²) in [5, 5.41) is 9.52. The monoisotopic (exact) mass is 200 g/mol. The SMILES string of the molecule is OC1CCC1c1ccc(F)c(Cl)c1. The maximum absolute atomic E-state index is 12.8. The standard InChI is InChI=1S/C10H10ClFO/c11-8-5-6(1-3-9(8)12)7-2-4-10(7)13/h1,3,5,7,10,13H,2,4H2. The first-order valence-corrected chi connectivity index (χ1v) is 4.69. The van der Waals surface area contributed by atoms with Crippen LogP contribution < -0.4 is 0 Å². The molecule has 1 aliphatic rings. The highest BCUT2D eigenvalue weighted by atomic mass is 35.5. The van der Waals surface area contributed by atoms with Crippen molar-refractivity contribution in [1.29, 1.82) is 0 Å². The van der Waals surface area contributed by atoms with Crippen molar-refractivity contribution >= 4 is 11.6 Å². The molecule has 0 saturated heterocycles. The van der Waals surface area contributed by atoms with Crippen LogP contribution in [0.15, 0.2) is 18.2 Å². The Labute approximate surface area is 81.1 Å². The van der Waals surface area contributed by atoms with Gasteiger partial charge in [-0.2, -0.15) is 0 Å². The summed E-state index contributed by atoms with van der Waals surface area (Å²) < 4.78 is 12.8. The van der Waals surface area contributed by atoms with Crippen LogP contribution in [0.25, 0.3) is 0 Å². The van der Waals surface area contributed by atoms with E-state index in [1.807, 2.05) is 0 Å². The second-order valence-corrected chi connectivity index (χ2v) is 3.83. The molecule has 1 saturated carbocycles. The number of aliphatic hydroxyl groups excluding tert-OH is 1. The Morgan fingerprint density at radius 3 is 2.62 bits per heavy atom. The molecule has 2 rings (SSSR count).